The maximum Gasteiger partial charge on any atom is 0.251 e. The van der Waals surface area contributed by atoms with E-state index in [1.54, 1.807) is 23.1 Å². The predicted octanol–water partition coefficient (Wildman–Crippen LogP) is 2.19. The minimum absolute atomic E-state index is 0.0266. The van der Waals surface area contributed by atoms with Gasteiger partial charge >= 0.3 is 0 Å². The fourth-order valence-corrected chi connectivity index (χ4v) is 1.79. The number of benzene rings is 1. The Morgan fingerprint density at radius 2 is 2.05 bits per heavy atom. The SMILES string of the molecule is CCCCCNC(=O)c1ccc(-n2cncn2)cc1. The van der Waals surface area contributed by atoms with Crippen LogP contribution in [0.25, 0.3) is 5.69 Å². The molecule has 100 valence electrons. The Morgan fingerprint density at radius 3 is 2.68 bits per heavy atom. The van der Waals surface area contributed by atoms with Crippen LogP contribution in [0.4, 0.5) is 0 Å². The summed E-state index contributed by atoms with van der Waals surface area (Å²) < 4.78 is 1.66. The van der Waals surface area contributed by atoms with Gasteiger partial charge in [-0.2, -0.15) is 5.10 Å². The molecule has 1 aromatic heterocycles. The number of hydrogen-bond acceptors (Lipinski definition) is 3. The van der Waals surface area contributed by atoms with Crippen molar-refractivity contribution >= 4 is 5.91 Å². The summed E-state index contributed by atoms with van der Waals surface area (Å²) in [7, 11) is 0. The van der Waals surface area contributed by atoms with Gasteiger partial charge < -0.3 is 5.32 Å². The maximum atomic E-state index is 11.9. The van der Waals surface area contributed by atoms with Crippen LogP contribution in [0, 0.1) is 0 Å². The van der Waals surface area contributed by atoms with Gasteiger partial charge in [-0.3, -0.25) is 4.79 Å². The first kappa shape index (κ1) is 13.3. The molecule has 1 N–H and O–H groups in total. The van der Waals surface area contributed by atoms with Gasteiger partial charge in [-0.25, -0.2) is 9.67 Å². The highest BCUT2D eigenvalue weighted by atomic mass is 16.1. The second-order valence-corrected chi connectivity index (χ2v) is 4.35. The summed E-state index contributed by atoms with van der Waals surface area (Å²) in [6, 6.07) is 7.31. The van der Waals surface area contributed by atoms with Gasteiger partial charge in [0.05, 0.1) is 5.69 Å². The van der Waals surface area contributed by atoms with Crippen LogP contribution >= 0.6 is 0 Å². The molecule has 0 aliphatic carbocycles. The first-order chi connectivity index (χ1) is 9.31. The zero-order valence-corrected chi connectivity index (χ0v) is 11.0. The molecule has 0 atom stereocenters. The topological polar surface area (TPSA) is 59.8 Å². The van der Waals surface area contributed by atoms with E-state index in [1.807, 2.05) is 12.1 Å². The number of hydrogen-bond donors (Lipinski definition) is 1. The van der Waals surface area contributed by atoms with Crippen LogP contribution in [-0.4, -0.2) is 27.2 Å². The molecule has 0 aliphatic heterocycles. The van der Waals surface area contributed by atoms with E-state index in [4.69, 9.17) is 0 Å². The Kier molecular flexibility index (Phi) is 4.66. The number of nitrogens with one attached hydrogen (secondary N) is 1. The molecule has 0 aliphatic rings. The van der Waals surface area contributed by atoms with E-state index in [0.717, 1.165) is 31.5 Å². The van der Waals surface area contributed by atoms with E-state index >= 15 is 0 Å². The third-order valence-electron chi connectivity index (χ3n) is 2.88. The Labute approximate surface area is 112 Å². The van der Waals surface area contributed by atoms with Gasteiger partial charge in [0.15, 0.2) is 0 Å². The zero-order valence-electron chi connectivity index (χ0n) is 11.0. The number of rotatable bonds is 6. The van der Waals surface area contributed by atoms with Crippen LogP contribution in [0.15, 0.2) is 36.9 Å². The van der Waals surface area contributed by atoms with Crippen molar-refractivity contribution in [1.29, 1.82) is 0 Å². The van der Waals surface area contributed by atoms with Gasteiger partial charge in [0.2, 0.25) is 0 Å². The molecule has 0 unspecified atom stereocenters. The Bertz CT molecular complexity index is 505. The second-order valence-electron chi connectivity index (χ2n) is 4.35. The predicted molar refractivity (Wildman–Crippen MR) is 73.2 cm³/mol. The Balaban J connectivity index is 1.93. The van der Waals surface area contributed by atoms with Crippen LogP contribution in [0.5, 0.6) is 0 Å². The van der Waals surface area contributed by atoms with Gasteiger partial charge in [0, 0.05) is 12.1 Å². The Morgan fingerprint density at radius 1 is 1.26 bits per heavy atom. The molecule has 2 rings (SSSR count). The molecule has 1 amide bonds. The van der Waals surface area contributed by atoms with Crippen molar-refractivity contribution in [3.63, 3.8) is 0 Å². The quantitative estimate of drug-likeness (QED) is 0.808. The summed E-state index contributed by atoms with van der Waals surface area (Å²) in [6.07, 6.45) is 6.43. The molecule has 0 fully saturated rings. The lowest BCUT2D eigenvalue weighted by atomic mass is 10.2. The van der Waals surface area contributed by atoms with E-state index in [-0.39, 0.29) is 5.91 Å². The third-order valence-corrected chi connectivity index (χ3v) is 2.88. The van der Waals surface area contributed by atoms with E-state index in [9.17, 15) is 4.79 Å². The molecule has 0 spiro atoms. The van der Waals surface area contributed by atoms with Crippen molar-refractivity contribution in [2.45, 2.75) is 26.2 Å². The number of carbonyl (C=O) groups is 1. The first-order valence-corrected chi connectivity index (χ1v) is 6.54. The molecule has 1 heterocycles. The maximum absolute atomic E-state index is 11.9. The molecule has 5 heteroatoms. The molecular weight excluding hydrogens is 240 g/mol. The number of nitrogens with zero attached hydrogens (tertiary/aromatic N) is 3. The van der Waals surface area contributed by atoms with Crippen molar-refractivity contribution in [3.8, 4) is 5.69 Å². The smallest absolute Gasteiger partial charge is 0.251 e. The lowest BCUT2D eigenvalue weighted by molar-refractivity contribution is 0.0953. The lowest BCUT2D eigenvalue weighted by Gasteiger charge is -2.05. The standard InChI is InChI=1S/C14H18N4O/c1-2-3-4-9-16-14(19)12-5-7-13(8-6-12)18-11-15-10-17-18/h5-8,10-11H,2-4,9H2,1H3,(H,16,19). The number of amides is 1. The summed E-state index contributed by atoms with van der Waals surface area (Å²) in [5, 5.41) is 6.95. The van der Waals surface area contributed by atoms with Crippen molar-refractivity contribution in [2.24, 2.45) is 0 Å². The average molecular weight is 258 g/mol. The van der Waals surface area contributed by atoms with Crippen LogP contribution < -0.4 is 5.32 Å². The van der Waals surface area contributed by atoms with Crippen molar-refractivity contribution < 1.29 is 4.79 Å². The van der Waals surface area contributed by atoms with Crippen LogP contribution in [-0.2, 0) is 0 Å². The molecule has 5 nitrogen and oxygen atoms in total. The molecule has 0 saturated heterocycles. The molecule has 0 saturated carbocycles. The van der Waals surface area contributed by atoms with Crippen molar-refractivity contribution in [1.82, 2.24) is 20.1 Å². The van der Waals surface area contributed by atoms with E-state index in [0.29, 0.717) is 5.56 Å². The van der Waals surface area contributed by atoms with Crippen LogP contribution in [0.1, 0.15) is 36.5 Å². The van der Waals surface area contributed by atoms with Gasteiger partial charge in [-0.15, -0.1) is 0 Å². The van der Waals surface area contributed by atoms with E-state index < -0.39 is 0 Å². The molecule has 1 aromatic carbocycles. The third kappa shape index (κ3) is 3.64. The largest absolute Gasteiger partial charge is 0.352 e. The highest BCUT2D eigenvalue weighted by molar-refractivity contribution is 5.94. The second kappa shape index (κ2) is 6.68. The molecular formula is C14H18N4O. The fraction of sp³-hybridized carbons (Fsp3) is 0.357. The average Bonchev–Trinajstić information content (AvgIpc) is 2.98. The monoisotopic (exact) mass is 258 g/mol. The van der Waals surface area contributed by atoms with Crippen LogP contribution in [0.3, 0.4) is 0 Å². The lowest BCUT2D eigenvalue weighted by Crippen LogP contribution is -2.24. The molecule has 0 bridgehead atoms. The minimum atomic E-state index is -0.0266. The van der Waals surface area contributed by atoms with Gasteiger partial charge in [-0.05, 0) is 30.7 Å². The summed E-state index contributed by atoms with van der Waals surface area (Å²) in [5.41, 5.74) is 1.56. The molecule has 2 aromatic rings. The highest BCUT2D eigenvalue weighted by Crippen LogP contribution is 2.08. The summed E-state index contributed by atoms with van der Waals surface area (Å²) >= 11 is 0. The van der Waals surface area contributed by atoms with Gasteiger partial charge in [0.25, 0.3) is 5.91 Å². The summed E-state index contributed by atoms with van der Waals surface area (Å²) in [4.78, 5) is 15.7. The van der Waals surface area contributed by atoms with Gasteiger partial charge in [-0.1, -0.05) is 19.8 Å². The number of carbonyl (C=O) groups excluding carboxylic acids is 1. The van der Waals surface area contributed by atoms with Crippen molar-refractivity contribution in [3.05, 3.63) is 42.5 Å². The van der Waals surface area contributed by atoms with Crippen molar-refractivity contribution in [2.75, 3.05) is 6.54 Å². The van der Waals surface area contributed by atoms with E-state index in [1.165, 1.54) is 6.33 Å². The minimum Gasteiger partial charge on any atom is -0.352 e. The van der Waals surface area contributed by atoms with Crippen LogP contribution in [0.2, 0.25) is 0 Å². The normalized spacial score (nSPS) is 10.4. The number of aromatic nitrogens is 3. The van der Waals surface area contributed by atoms with E-state index in [2.05, 4.69) is 22.3 Å². The molecule has 0 radical (unpaired) electrons. The highest BCUT2D eigenvalue weighted by Gasteiger charge is 2.05. The Hall–Kier alpha value is -2.17. The first-order valence-electron chi connectivity index (χ1n) is 6.54. The summed E-state index contributed by atoms with van der Waals surface area (Å²) in [5.74, 6) is -0.0266. The van der Waals surface area contributed by atoms with Gasteiger partial charge in [0.1, 0.15) is 12.7 Å². The number of unbranched alkanes of at least 4 members (excludes halogenated alkanes) is 2. The molecule has 19 heavy (non-hydrogen) atoms. The fourth-order valence-electron chi connectivity index (χ4n) is 1.79. The summed E-state index contributed by atoms with van der Waals surface area (Å²) in [6.45, 7) is 2.88. The zero-order chi connectivity index (χ0) is 13.5.